The fraction of sp³-hybridized carbons (Fsp3) is 0.143. The number of hydrogen-bond donors (Lipinski definition) is 2. The fourth-order valence-electron chi connectivity index (χ4n) is 2.51. The quantitative estimate of drug-likeness (QED) is 0.405. The normalized spacial score (nSPS) is 11.5. The summed E-state index contributed by atoms with van der Waals surface area (Å²) >= 11 is 0. The van der Waals surface area contributed by atoms with Crippen LogP contribution in [0.3, 0.4) is 0 Å². The van der Waals surface area contributed by atoms with Gasteiger partial charge in [-0.05, 0) is 92.1 Å². The van der Waals surface area contributed by atoms with E-state index in [1.165, 1.54) is 0 Å². The van der Waals surface area contributed by atoms with Crippen LogP contribution in [-0.4, -0.2) is 0 Å². The first kappa shape index (κ1) is 18.3. The summed E-state index contributed by atoms with van der Waals surface area (Å²) < 4.78 is 0. The molecule has 0 fully saturated rings. The van der Waals surface area contributed by atoms with Crippen molar-refractivity contribution >= 4 is 34.1 Å². The highest BCUT2D eigenvalue weighted by molar-refractivity contribution is 5.59. The van der Waals surface area contributed by atoms with Crippen molar-refractivity contribution in [2.24, 2.45) is 20.5 Å². The van der Waals surface area contributed by atoms with Crippen LogP contribution in [0.1, 0.15) is 16.7 Å². The number of nitrogens with zero attached hydrogens (tertiary/aromatic N) is 4. The summed E-state index contributed by atoms with van der Waals surface area (Å²) in [5.41, 5.74) is 19.1. The topological polar surface area (TPSA) is 101 Å². The third-order valence-corrected chi connectivity index (χ3v) is 4.20. The molecule has 0 saturated heterocycles. The van der Waals surface area contributed by atoms with Crippen LogP contribution in [-0.2, 0) is 0 Å². The molecule has 0 bridgehead atoms. The minimum atomic E-state index is 0.700. The van der Waals surface area contributed by atoms with E-state index >= 15 is 0 Å². The van der Waals surface area contributed by atoms with Gasteiger partial charge in [0.2, 0.25) is 0 Å². The maximum atomic E-state index is 5.91. The molecule has 0 aliphatic carbocycles. The molecule has 0 unspecified atom stereocenters. The zero-order valence-corrected chi connectivity index (χ0v) is 15.6. The van der Waals surface area contributed by atoms with Crippen molar-refractivity contribution in [1.82, 2.24) is 0 Å². The molecule has 0 aliphatic heterocycles. The van der Waals surface area contributed by atoms with Crippen LogP contribution in [0.5, 0.6) is 0 Å². The van der Waals surface area contributed by atoms with E-state index in [1.54, 1.807) is 12.1 Å². The summed E-state index contributed by atoms with van der Waals surface area (Å²) in [6.45, 7) is 5.89. The summed E-state index contributed by atoms with van der Waals surface area (Å²) in [7, 11) is 0. The fourth-order valence-corrected chi connectivity index (χ4v) is 2.51. The third kappa shape index (κ3) is 4.55. The van der Waals surface area contributed by atoms with Crippen LogP contribution in [0.2, 0.25) is 0 Å². The van der Waals surface area contributed by atoms with Gasteiger partial charge in [0.25, 0.3) is 0 Å². The van der Waals surface area contributed by atoms with Crippen LogP contribution in [0.4, 0.5) is 34.1 Å². The van der Waals surface area contributed by atoms with Gasteiger partial charge in [-0.15, -0.1) is 0 Å². The third-order valence-electron chi connectivity index (χ3n) is 4.20. The van der Waals surface area contributed by atoms with Gasteiger partial charge in [-0.2, -0.15) is 20.5 Å². The Bertz CT molecular complexity index is 1020. The Morgan fingerprint density at radius 1 is 0.556 bits per heavy atom. The second-order valence-corrected chi connectivity index (χ2v) is 6.46. The monoisotopic (exact) mass is 358 g/mol. The molecule has 6 nitrogen and oxygen atoms in total. The predicted octanol–water partition coefficient (Wildman–Crippen LogP) is 6.61. The molecule has 0 amide bonds. The molecule has 0 radical (unpaired) electrons. The summed E-state index contributed by atoms with van der Waals surface area (Å²) in [6.07, 6.45) is 0. The smallest absolute Gasteiger partial charge is 0.0890 e. The van der Waals surface area contributed by atoms with Gasteiger partial charge in [-0.3, -0.25) is 0 Å². The van der Waals surface area contributed by atoms with E-state index < -0.39 is 0 Å². The molecule has 0 aromatic heterocycles. The van der Waals surface area contributed by atoms with E-state index in [1.807, 2.05) is 63.2 Å². The molecule has 3 aromatic carbocycles. The first-order valence-electron chi connectivity index (χ1n) is 8.59. The molecule has 0 heterocycles. The minimum Gasteiger partial charge on any atom is -0.399 e. The zero-order valence-electron chi connectivity index (χ0n) is 15.6. The van der Waals surface area contributed by atoms with Gasteiger partial charge in [0, 0.05) is 11.4 Å². The predicted molar refractivity (Wildman–Crippen MR) is 111 cm³/mol. The molecule has 27 heavy (non-hydrogen) atoms. The standard InChI is InChI=1S/C21H22N6/c1-13-12-21(15(3)11-19(13)23)27-25-18-8-9-20(14(2)10-18)26-24-17-6-4-16(22)5-7-17/h4-12H,22-23H2,1-3H3. The highest BCUT2D eigenvalue weighted by atomic mass is 15.1. The number of benzene rings is 3. The van der Waals surface area contributed by atoms with Crippen molar-refractivity contribution in [3.05, 3.63) is 71.3 Å². The Hall–Kier alpha value is -3.54. The van der Waals surface area contributed by atoms with Gasteiger partial charge >= 0.3 is 0 Å². The summed E-state index contributed by atoms with van der Waals surface area (Å²) in [5, 5.41) is 17.2. The average Bonchev–Trinajstić information content (AvgIpc) is 2.64. The van der Waals surface area contributed by atoms with Crippen LogP contribution >= 0.6 is 0 Å². The van der Waals surface area contributed by atoms with Crippen molar-refractivity contribution in [1.29, 1.82) is 0 Å². The Balaban J connectivity index is 1.78. The van der Waals surface area contributed by atoms with E-state index in [0.29, 0.717) is 5.69 Å². The van der Waals surface area contributed by atoms with Gasteiger partial charge in [-0.25, -0.2) is 0 Å². The highest BCUT2D eigenvalue weighted by Crippen LogP contribution is 2.29. The van der Waals surface area contributed by atoms with Gasteiger partial charge in [0.15, 0.2) is 0 Å². The van der Waals surface area contributed by atoms with Gasteiger partial charge < -0.3 is 11.5 Å². The van der Waals surface area contributed by atoms with Gasteiger partial charge in [0.1, 0.15) is 0 Å². The molecule has 0 atom stereocenters. The van der Waals surface area contributed by atoms with Crippen molar-refractivity contribution in [3.63, 3.8) is 0 Å². The van der Waals surface area contributed by atoms with Crippen molar-refractivity contribution in [2.45, 2.75) is 20.8 Å². The van der Waals surface area contributed by atoms with Gasteiger partial charge in [-0.1, -0.05) is 0 Å². The lowest BCUT2D eigenvalue weighted by Crippen LogP contribution is -1.89. The van der Waals surface area contributed by atoms with E-state index in [2.05, 4.69) is 20.5 Å². The first-order valence-corrected chi connectivity index (χ1v) is 8.59. The Labute approximate surface area is 158 Å². The second-order valence-electron chi connectivity index (χ2n) is 6.46. The van der Waals surface area contributed by atoms with Crippen molar-refractivity contribution in [2.75, 3.05) is 11.5 Å². The molecule has 0 spiro atoms. The minimum absolute atomic E-state index is 0.700. The maximum absolute atomic E-state index is 5.91. The Morgan fingerprint density at radius 2 is 1.15 bits per heavy atom. The largest absolute Gasteiger partial charge is 0.399 e. The number of anilines is 2. The number of nitrogen functional groups attached to an aromatic ring is 2. The molecular formula is C21H22N6. The molecule has 0 aliphatic rings. The van der Waals surface area contributed by atoms with Crippen LogP contribution in [0.15, 0.2) is 75.1 Å². The first-order chi connectivity index (χ1) is 12.9. The Morgan fingerprint density at radius 3 is 1.85 bits per heavy atom. The highest BCUT2D eigenvalue weighted by Gasteiger charge is 2.03. The lowest BCUT2D eigenvalue weighted by Gasteiger charge is -2.05. The second kappa shape index (κ2) is 7.78. The van der Waals surface area contributed by atoms with Crippen LogP contribution in [0, 0.1) is 20.8 Å². The SMILES string of the molecule is Cc1cc(N=Nc2ccc(N=Nc3ccc(N)cc3)c(C)c2)c(C)cc1N. The summed E-state index contributed by atoms with van der Waals surface area (Å²) in [6, 6.07) is 16.8. The van der Waals surface area contributed by atoms with Crippen molar-refractivity contribution in [3.8, 4) is 0 Å². The maximum Gasteiger partial charge on any atom is 0.0890 e. The summed E-state index contributed by atoms with van der Waals surface area (Å²) in [5.74, 6) is 0. The number of nitrogens with two attached hydrogens (primary N) is 2. The van der Waals surface area contributed by atoms with Crippen LogP contribution < -0.4 is 11.5 Å². The summed E-state index contributed by atoms with van der Waals surface area (Å²) in [4.78, 5) is 0. The lowest BCUT2D eigenvalue weighted by atomic mass is 10.1. The lowest BCUT2D eigenvalue weighted by molar-refractivity contribution is 1.18. The van der Waals surface area contributed by atoms with Crippen LogP contribution in [0.25, 0.3) is 0 Å². The molecule has 0 saturated carbocycles. The Kier molecular flexibility index (Phi) is 5.26. The van der Waals surface area contributed by atoms with E-state index in [-0.39, 0.29) is 0 Å². The molecule has 6 heteroatoms. The molecule has 3 rings (SSSR count). The zero-order chi connectivity index (χ0) is 19.4. The van der Waals surface area contributed by atoms with E-state index in [4.69, 9.17) is 11.5 Å². The average molecular weight is 358 g/mol. The van der Waals surface area contributed by atoms with E-state index in [0.717, 1.165) is 45.1 Å². The van der Waals surface area contributed by atoms with E-state index in [9.17, 15) is 0 Å². The number of azo groups is 2. The molecular weight excluding hydrogens is 336 g/mol. The van der Waals surface area contributed by atoms with Crippen molar-refractivity contribution < 1.29 is 0 Å². The molecule has 136 valence electrons. The number of hydrogen-bond acceptors (Lipinski definition) is 6. The number of rotatable bonds is 4. The molecule has 3 aromatic rings. The van der Waals surface area contributed by atoms with Gasteiger partial charge in [0.05, 0.1) is 22.7 Å². The number of aryl methyl sites for hydroxylation is 3. The molecule has 4 N–H and O–H groups in total.